The van der Waals surface area contributed by atoms with Crippen LogP contribution in [0.1, 0.15) is 20.3 Å². The molecule has 2 aromatic rings. The Kier molecular flexibility index (Phi) is 2.99. The van der Waals surface area contributed by atoms with Gasteiger partial charge >= 0.3 is 5.69 Å². The van der Waals surface area contributed by atoms with E-state index in [0.29, 0.717) is 11.2 Å². The first-order chi connectivity index (χ1) is 8.10. The Bertz CT molecular complexity index is 597. The van der Waals surface area contributed by atoms with Crippen molar-refractivity contribution in [3.8, 4) is 0 Å². The highest BCUT2D eigenvalue weighted by Gasteiger charge is 2.10. The van der Waals surface area contributed by atoms with Gasteiger partial charge in [-0.1, -0.05) is 13.8 Å². The van der Waals surface area contributed by atoms with Crippen LogP contribution in [0.15, 0.2) is 23.0 Å². The summed E-state index contributed by atoms with van der Waals surface area (Å²) in [5.74, 6) is -0.0271. The minimum Gasteiger partial charge on any atom is -0.326 e. The molecule has 1 unspecified atom stereocenters. The maximum Gasteiger partial charge on any atom is 0.323 e. The van der Waals surface area contributed by atoms with Crippen LogP contribution in [0.3, 0.4) is 0 Å². The van der Waals surface area contributed by atoms with Crippen molar-refractivity contribution in [1.82, 2.24) is 9.97 Å². The number of benzene rings is 1. The summed E-state index contributed by atoms with van der Waals surface area (Å²) >= 11 is 0. The van der Waals surface area contributed by atoms with E-state index in [1.54, 1.807) is 18.2 Å². The fourth-order valence-electron chi connectivity index (χ4n) is 1.56. The minimum atomic E-state index is -0.245. The quantitative estimate of drug-likeness (QED) is 0.756. The van der Waals surface area contributed by atoms with E-state index in [9.17, 15) is 9.59 Å². The lowest BCUT2D eigenvalue weighted by Gasteiger charge is -2.09. The molecule has 1 heterocycles. The van der Waals surface area contributed by atoms with Gasteiger partial charge in [-0.2, -0.15) is 0 Å². The Balaban J connectivity index is 2.24. The molecule has 0 aliphatic rings. The molecule has 0 saturated carbocycles. The Morgan fingerprint density at radius 2 is 2.06 bits per heavy atom. The first kappa shape index (κ1) is 11.4. The van der Waals surface area contributed by atoms with Crippen LogP contribution in [0, 0.1) is 5.92 Å². The molecule has 2 rings (SSSR count). The van der Waals surface area contributed by atoms with Crippen molar-refractivity contribution >= 4 is 22.6 Å². The summed E-state index contributed by atoms with van der Waals surface area (Å²) < 4.78 is 0. The Hall–Kier alpha value is -2.04. The third-order valence-corrected chi connectivity index (χ3v) is 2.84. The summed E-state index contributed by atoms with van der Waals surface area (Å²) in [6.45, 7) is 3.85. The van der Waals surface area contributed by atoms with E-state index in [-0.39, 0.29) is 17.5 Å². The number of hydrogen-bond donors (Lipinski definition) is 3. The standard InChI is InChI=1S/C12H15N3O2/c1-3-7(2)11(16)13-8-4-5-9-10(6-8)15-12(17)14-9/h4-7H,3H2,1-2H3,(H,13,16)(H2,14,15,17). The highest BCUT2D eigenvalue weighted by atomic mass is 16.2. The van der Waals surface area contributed by atoms with Gasteiger partial charge < -0.3 is 15.3 Å². The van der Waals surface area contributed by atoms with E-state index in [1.165, 1.54) is 0 Å². The van der Waals surface area contributed by atoms with Crippen molar-refractivity contribution in [2.75, 3.05) is 5.32 Å². The number of rotatable bonds is 3. The number of H-pyrrole nitrogens is 2. The van der Waals surface area contributed by atoms with Crippen molar-refractivity contribution in [2.45, 2.75) is 20.3 Å². The number of aromatic amines is 2. The van der Waals surface area contributed by atoms with Gasteiger partial charge in [-0.05, 0) is 24.6 Å². The SMILES string of the molecule is CCC(C)C(=O)Nc1ccc2[nH]c(=O)[nH]c2c1. The normalized spacial score (nSPS) is 12.6. The van der Waals surface area contributed by atoms with E-state index in [0.717, 1.165) is 11.9 Å². The summed E-state index contributed by atoms with van der Waals surface area (Å²) in [6.07, 6.45) is 0.801. The molecule has 5 heteroatoms. The molecule has 17 heavy (non-hydrogen) atoms. The first-order valence-corrected chi connectivity index (χ1v) is 5.63. The molecule has 0 spiro atoms. The predicted octanol–water partition coefficient (Wildman–Crippen LogP) is 1.84. The van der Waals surface area contributed by atoms with Gasteiger partial charge in [-0.3, -0.25) is 4.79 Å². The molecule has 0 fully saturated rings. The van der Waals surface area contributed by atoms with E-state index >= 15 is 0 Å². The van der Waals surface area contributed by atoms with E-state index in [2.05, 4.69) is 15.3 Å². The van der Waals surface area contributed by atoms with Crippen molar-refractivity contribution < 1.29 is 4.79 Å². The summed E-state index contributed by atoms with van der Waals surface area (Å²) in [7, 11) is 0. The molecule has 1 atom stereocenters. The summed E-state index contributed by atoms with van der Waals surface area (Å²) in [6, 6.07) is 5.28. The van der Waals surface area contributed by atoms with E-state index in [4.69, 9.17) is 0 Å². The summed E-state index contributed by atoms with van der Waals surface area (Å²) in [5.41, 5.74) is 1.87. The van der Waals surface area contributed by atoms with E-state index < -0.39 is 0 Å². The van der Waals surface area contributed by atoms with Crippen LogP contribution in [0.2, 0.25) is 0 Å². The second-order valence-corrected chi connectivity index (χ2v) is 4.14. The van der Waals surface area contributed by atoms with Gasteiger partial charge in [0.05, 0.1) is 11.0 Å². The molecule has 0 aliphatic carbocycles. The van der Waals surface area contributed by atoms with Crippen molar-refractivity contribution in [1.29, 1.82) is 0 Å². The topological polar surface area (TPSA) is 77.8 Å². The lowest BCUT2D eigenvalue weighted by Crippen LogP contribution is -2.19. The van der Waals surface area contributed by atoms with Gasteiger partial charge in [0.25, 0.3) is 0 Å². The van der Waals surface area contributed by atoms with Gasteiger partial charge in [0.1, 0.15) is 0 Å². The van der Waals surface area contributed by atoms with Crippen LogP contribution in [-0.4, -0.2) is 15.9 Å². The van der Waals surface area contributed by atoms with Gasteiger partial charge in [0.15, 0.2) is 0 Å². The number of carbonyl (C=O) groups is 1. The summed E-state index contributed by atoms with van der Waals surface area (Å²) in [4.78, 5) is 28.1. The van der Waals surface area contributed by atoms with Crippen LogP contribution in [0.25, 0.3) is 11.0 Å². The molecule has 1 aromatic heterocycles. The van der Waals surface area contributed by atoms with Crippen LogP contribution >= 0.6 is 0 Å². The highest BCUT2D eigenvalue weighted by molar-refractivity contribution is 5.94. The monoisotopic (exact) mass is 233 g/mol. The molecule has 0 saturated heterocycles. The zero-order valence-electron chi connectivity index (χ0n) is 9.83. The number of fused-ring (bicyclic) bond motifs is 1. The molecule has 0 bridgehead atoms. The molecule has 5 nitrogen and oxygen atoms in total. The maximum absolute atomic E-state index is 11.7. The van der Waals surface area contributed by atoms with Crippen LogP contribution in [0.4, 0.5) is 5.69 Å². The number of aromatic nitrogens is 2. The maximum atomic E-state index is 11.7. The van der Waals surface area contributed by atoms with Crippen molar-refractivity contribution in [2.24, 2.45) is 5.92 Å². The molecule has 0 aliphatic heterocycles. The molecular formula is C12H15N3O2. The molecule has 1 amide bonds. The fraction of sp³-hybridized carbons (Fsp3) is 0.333. The fourth-order valence-corrected chi connectivity index (χ4v) is 1.56. The van der Waals surface area contributed by atoms with Gasteiger partial charge in [0, 0.05) is 11.6 Å². The molecule has 0 radical (unpaired) electrons. The number of amides is 1. The number of carbonyl (C=O) groups excluding carboxylic acids is 1. The molecule has 1 aromatic carbocycles. The van der Waals surface area contributed by atoms with Gasteiger partial charge in [0.2, 0.25) is 5.91 Å². The third-order valence-electron chi connectivity index (χ3n) is 2.84. The zero-order chi connectivity index (χ0) is 12.4. The lowest BCUT2D eigenvalue weighted by molar-refractivity contribution is -0.119. The Morgan fingerprint density at radius 3 is 2.76 bits per heavy atom. The Labute approximate surface area is 98.2 Å². The highest BCUT2D eigenvalue weighted by Crippen LogP contribution is 2.15. The Morgan fingerprint density at radius 1 is 1.35 bits per heavy atom. The second kappa shape index (κ2) is 4.45. The third kappa shape index (κ3) is 2.38. The molecule has 90 valence electrons. The largest absolute Gasteiger partial charge is 0.326 e. The van der Waals surface area contributed by atoms with Crippen LogP contribution in [-0.2, 0) is 4.79 Å². The smallest absolute Gasteiger partial charge is 0.323 e. The second-order valence-electron chi connectivity index (χ2n) is 4.14. The lowest BCUT2D eigenvalue weighted by atomic mass is 10.1. The van der Waals surface area contributed by atoms with Crippen molar-refractivity contribution in [3.05, 3.63) is 28.7 Å². The predicted molar refractivity (Wildman–Crippen MR) is 67.0 cm³/mol. The number of anilines is 1. The first-order valence-electron chi connectivity index (χ1n) is 5.63. The average molecular weight is 233 g/mol. The summed E-state index contributed by atoms with van der Waals surface area (Å²) in [5, 5.41) is 2.82. The minimum absolute atomic E-state index is 0.00951. The molecule has 3 N–H and O–H groups in total. The number of hydrogen-bond acceptors (Lipinski definition) is 2. The average Bonchev–Trinajstić information content (AvgIpc) is 2.67. The van der Waals surface area contributed by atoms with Crippen LogP contribution in [0.5, 0.6) is 0 Å². The number of imidazole rings is 1. The molecular weight excluding hydrogens is 218 g/mol. The van der Waals surface area contributed by atoms with Gasteiger partial charge in [-0.15, -0.1) is 0 Å². The van der Waals surface area contributed by atoms with Gasteiger partial charge in [-0.25, -0.2) is 4.79 Å². The zero-order valence-corrected chi connectivity index (χ0v) is 9.83. The van der Waals surface area contributed by atoms with E-state index in [1.807, 2.05) is 13.8 Å². The number of nitrogens with one attached hydrogen (secondary N) is 3. The van der Waals surface area contributed by atoms with Crippen LogP contribution < -0.4 is 11.0 Å². The van der Waals surface area contributed by atoms with Crippen molar-refractivity contribution in [3.63, 3.8) is 0 Å².